The Kier molecular flexibility index (Phi) is 5.91. The van der Waals surface area contributed by atoms with Crippen LogP contribution in [-0.2, 0) is 32.3 Å². The predicted molar refractivity (Wildman–Crippen MR) is 125 cm³/mol. The van der Waals surface area contributed by atoms with Gasteiger partial charge < -0.3 is 9.47 Å². The Hall–Kier alpha value is -4.26. The monoisotopic (exact) mass is 469 g/mol. The van der Waals surface area contributed by atoms with E-state index in [1.54, 1.807) is 48.5 Å². The van der Waals surface area contributed by atoms with Gasteiger partial charge in [0.2, 0.25) is 0 Å². The molecule has 2 amide bonds. The Morgan fingerprint density at radius 1 is 0.714 bits per heavy atom. The van der Waals surface area contributed by atoms with Crippen molar-refractivity contribution in [3.8, 4) is 0 Å². The van der Waals surface area contributed by atoms with Crippen LogP contribution in [0.3, 0.4) is 0 Å². The van der Waals surface area contributed by atoms with Crippen molar-refractivity contribution in [1.82, 2.24) is 4.90 Å². The van der Waals surface area contributed by atoms with E-state index in [1.807, 2.05) is 36.4 Å². The number of hydrogen-bond acceptors (Lipinski definition) is 6. The Balaban J connectivity index is 1.43. The summed E-state index contributed by atoms with van der Waals surface area (Å²) >= 11 is 0. The first-order valence-corrected chi connectivity index (χ1v) is 11.4. The second-order valence-electron chi connectivity index (χ2n) is 8.68. The van der Waals surface area contributed by atoms with E-state index in [1.165, 1.54) is 0 Å². The summed E-state index contributed by atoms with van der Waals surface area (Å²) in [6.45, 7) is -0.0789. The smallest absolute Gasteiger partial charge is 0.326 e. The van der Waals surface area contributed by atoms with Crippen molar-refractivity contribution in [3.05, 3.63) is 107 Å². The molecule has 1 fully saturated rings. The zero-order chi connectivity index (χ0) is 24.4. The lowest BCUT2D eigenvalue weighted by molar-refractivity contribution is -0.187. The second-order valence-corrected chi connectivity index (χ2v) is 8.68. The first kappa shape index (κ1) is 22.5. The van der Waals surface area contributed by atoms with Crippen molar-refractivity contribution in [3.63, 3.8) is 0 Å². The number of carbonyl (C=O) groups is 4. The van der Waals surface area contributed by atoms with Crippen LogP contribution >= 0.6 is 0 Å². The summed E-state index contributed by atoms with van der Waals surface area (Å²) in [5, 5.41) is 0. The van der Waals surface area contributed by atoms with Gasteiger partial charge in [0, 0.05) is 0 Å². The van der Waals surface area contributed by atoms with Crippen molar-refractivity contribution in [2.75, 3.05) is 0 Å². The van der Waals surface area contributed by atoms with Crippen LogP contribution in [0.4, 0.5) is 0 Å². The number of carbonyl (C=O) groups excluding carboxylic acids is 4. The van der Waals surface area contributed by atoms with Crippen LogP contribution in [0.5, 0.6) is 0 Å². The SMILES string of the molecule is O=C1c2ccccc2C(=O)N1C1CCC1(C(=O)OCc1ccccc1)C(=O)OCc1ccccc1. The molecule has 0 aromatic heterocycles. The fourth-order valence-corrected chi connectivity index (χ4v) is 4.67. The molecule has 3 aromatic carbocycles. The molecule has 0 radical (unpaired) electrons. The van der Waals surface area contributed by atoms with Gasteiger partial charge in [-0.25, -0.2) is 0 Å². The maximum Gasteiger partial charge on any atom is 0.326 e. The van der Waals surface area contributed by atoms with E-state index in [2.05, 4.69) is 0 Å². The number of fused-ring (bicyclic) bond motifs is 1. The van der Waals surface area contributed by atoms with Crippen molar-refractivity contribution in [2.24, 2.45) is 5.41 Å². The van der Waals surface area contributed by atoms with E-state index < -0.39 is 35.2 Å². The molecule has 7 heteroatoms. The Labute approximate surface area is 202 Å². The van der Waals surface area contributed by atoms with Crippen molar-refractivity contribution in [2.45, 2.75) is 32.1 Å². The molecule has 1 heterocycles. The molecule has 2 aliphatic rings. The molecule has 7 nitrogen and oxygen atoms in total. The molecule has 1 saturated carbocycles. The Morgan fingerprint density at radius 3 is 1.54 bits per heavy atom. The molecule has 1 unspecified atom stereocenters. The van der Waals surface area contributed by atoms with Gasteiger partial charge in [0.15, 0.2) is 5.41 Å². The maximum atomic E-state index is 13.5. The third-order valence-corrected chi connectivity index (χ3v) is 6.67. The van der Waals surface area contributed by atoms with Crippen LogP contribution < -0.4 is 0 Å². The zero-order valence-corrected chi connectivity index (χ0v) is 18.9. The molecular weight excluding hydrogens is 446 g/mol. The summed E-state index contributed by atoms with van der Waals surface area (Å²) in [5.74, 6) is -2.64. The minimum atomic E-state index is -1.78. The van der Waals surface area contributed by atoms with Crippen molar-refractivity contribution < 1.29 is 28.7 Å². The summed E-state index contributed by atoms with van der Waals surface area (Å²) in [6, 6.07) is 23.7. The second kappa shape index (κ2) is 9.18. The predicted octanol–water partition coefficient (Wildman–Crippen LogP) is 3.92. The minimum Gasteiger partial charge on any atom is -0.460 e. The number of ether oxygens (including phenoxy) is 2. The van der Waals surface area contributed by atoms with E-state index in [0.29, 0.717) is 6.42 Å². The molecule has 0 saturated heterocycles. The standard InChI is InChI=1S/C28H23NO6/c30-24-21-13-7-8-14-22(21)25(31)29(24)23-15-16-28(23,26(32)34-17-19-9-3-1-4-10-19)27(33)35-18-20-11-5-2-6-12-20/h1-14,23H,15-18H2. The normalized spacial score (nSPS) is 17.9. The van der Waals surface area contributed by atoms with Crippen molar-refractivity contribution >= 4 is 23.8 Å². The Morgan fingerprint density at radius 2 is 1.14 bits per heavy atom. The molecule has 3 aromatic rings. The summed E-state index contributed by atoms with van der Waals surface area (Å²) in [5.41, 5.74) is 0.245. The molecular formula is C28H23NO6. The van der Waals surface area contributed by atoms with Gasteiger partial charge in [-0.2, -0.15) is 0 Å². The first-order valence-electron chi connectivity index (χ1n) is 11.4. The van der Waals surface area contributed by atoms with Crippen LogP contribution in [0.15, 0.2) is 84.9 Å². The number of nitrogens with zero attached hydrogens (tertiary/aromatic N) is 1. The van der Waals surface area contributed by atoms with Gasteiger partial charge >= 0.3 is 11.9 Å². The van der Waals surface area contributed by atoms with E-state index in [0.717, 1.165) is 16.0 Å². The number of amides is 2. The number of imide groups is 1. The Bertz CT molecular complexity index is 1200. The molecule has 5 rings (SSSR count). The molecule has 1 aliphatic carbocycles. The highest BCUT2D eigenvalue weighted by atomic mass is 16.6. The fraction of sp³-hybridized carbons (Fsp3) is 0.214. The van der Waals surface area contributed by atoms with Crippen LogP contribution in [0.1, 0.15) is 44.7 Å². The molecule has 0 N–H and O–H groups in total. The van der Waals surface area contributed by atoms with Gasteiger partial charge in [-0.1, -0.05) is 72.8 Å². The average molecular weight is 469 g/mol. The van der Waals surface area contributed by atoms with E-state index in [-0.39, 0.29) is 30.8 Å². The summed E-state index contributed by atoms with van der Waals surface area (Å²) in [6.07, 6.45) is 0.415. The average Bonchev–Trinajstić information content (AvgIpc) is 3.12. The van der Waals surface area contributed by atoms with E-state index in [4.69, 9.17) is 9.47 Å². The van der Waals surface area contributed by atoms with Gasteiger partial charge in [-0.15, -0.1) is 0 Å². The highest BCUT2D eigenvalue weighted by Gasteiger charge is 2.65. The van der Waals surface area contributed by atoms with Gasteiger partial charge in [-0.05, 0) is 36.1 Å². The minimum absolute atomic E-state index is 0.0395. The van der Waals surface area contributed by atoms with Crippen LogP contribution in [0, 0.1) is 5.41 Å². The highest BCUT2D eigenvalue weighted by Crippen LogP contribution is 2.49. The topological polar surface area (TPSA) is 90.0 Å². The molecule has 1 atom stereocenters. The lowest BCUT2D eigenvalue weighted by Gasteiger charge is -2.47. The van der Waals surface area contributed by atoms with Gasteiger partial charge in [0.05, 0.1) is 17.2 Å². The number of esters is 2. The molecule has 1 aliphatic heterocycles. The quantitative estimate of drug-likeness (QED) is 0.296. The fourth-order valence-electron chi connectivity index (χ4n) is 4.67. The summed E-state index contributed by atoms with van der Waals surface area (Å²) in [4.78, 5) is 54.2. The number of rotatable bonds is 7. The van der Waals surface area contributed by atoms with Crippen molar-refractivity contribution in [1.29, 1.82) is 0 Å². The van der Waals surface area contributed by atoms with E-state index >= 15 is 0 Å². The van der Waals surface area contributed by atoms with E-state index in [9.17, 15) is 19.2 Å². The maximum absolute atomic E-state index is 13.5. The van der Waals surface area contributed by atoms with Crippen LogP contribution in [0.2, 0.25) is 0 Å². The van der Waals surface area contributed by atoms with Gasteiger partial charge in [-0.3, -0.25) is 24.1 Å². The zero-order valence-electron chi connectivity index (χ0n) is 18.9. The third kappa shape index (κ3) is 3.89. The number of hydrogen-bond donors (Lipinski definition) is 0. The lowest BCUT2D eigenvalue weighted by atomic mass is 9.63. The molecule has 35 heavy (non-hydrogen) atoms. The first-order chi connectivity index (χ1) is 17.0. The molecule has 176 valence electrons. The lowest BCUT2D eigenvalue weighted by Crippen LogP contribution is -2.65. The summed E-state index contributed by atoms with van der Waals surface area (Å²) in [7, 11) is 0. The van der Waals surface area contributed by atoms with Crippen LogP contribution in [-0.4, -0.2) is 34.7 Å². The number of benzene rings is 3. The largest absolute Gasteiger partial charge is 0.460 e. The summed E-state index contributed by atoms with van der Waals surface area (Å²) < 4.78 is 11.1. The third-order valence-electron chi connectivity index (χ3n) is 6.67. The van der Waals surface area contributed by atoms with Gasteiger partial charge in [0.25, 0.3) is 11.8 Å². The van der Waals surface area contributed by atoms with Crippen LogP contribution in [0.25, 0.3) is 0 Å². The molecule has 0 bridgehead atoms. The van der Waals surface area contributed by atoms with Gasteiger partial charge in [0.1, 0.15) is 13.2 Å². The highest BCUT2D eigenvalue weighted by molar-refractivity contribution is 6.22. The molecule has 0 spiro atoms.